The number of nitrogens with zero attached hydrogens (tertiary/aromatic N) is 2. The van der Waals surface area contributed by atoms with Gasteiger partial charge in [0.1, 0.15) is 35.6 Å². The van der Waals surface area contributed by atoms with Crippen molar-refractivity contribution in [3.8, 4) is 5.75 Å². The number of aliphatic hydroxyl groups is 2. The van der Waals surface area contributed by atoms with Crippen LogP contribution in [0.3, 0.4) is 0 Å². The zero-order chi connectivity index (χ0) is 52.5. The van der Waals surface area contributed by atoms with Crippen LogP contribution in [0.2, 0.25) is 38.8 Å². The van der Waals surface area contributed by atoms with Gasteiger partial charge in [-0.25, -0.2) is 17.6 Å². The maximum Gasteiger partial charge on any atom is 0.233 e. The molecule has 2 saturated heterocycles. The Morgan fingerprint density at radius 3 is 1.29 bits per heavy atom. The minimum absolute atomic E-state index is 0.0350. The molecule has 0 aromatic heterocycles. The topological polar surface area (TPSA) is 120 Å². The van der Waals surface area contributed by atoms with Gasteiger partial charge in [-0.1, -0.05) is 85.5 Å². The molecule has 2 aliphatic heterocycles. The highest BCUT2D eigenvalue weighted by molar-refractivity contribution is 6.88. The van der Waals surface area contributed by atoms with Crippen molar-refractivity contribution in [2.75, 3.05) is 29.6 Å². The fourth-order valence-corrected chi connectivity index (χ4v) is 11.6. The van der Waals surface area contributed by atoms with Gasteiger partial charge in [-0.05, 0) is 158 Å². The molecule has 0 saturated carbocycles. The van der Waals surface area contributed by atoms with Crippen LogP contribution in [0.4, 0.5) is 28.9 Å². The molecule has 0 radical (unpaired) electrons. The molecule has 2 amide bonds. The molecule has 2 fully saturated rings. The Bertz CT molecular complexity index is 2720. The lowest BCUT2D eigenvalue weighted by Crippen LogP contribution is -2.55. The summed E-state index contributed by atoms with van der Waals surface area (Å²) in [5, 5.41) is 22.6. The number of benzene rings is 6. The van der Waals surface area contributed by atoms with Crippen LogP contribution in [0.25, 0.3) is 0 Å². The van der Waals surface area contributed by atoms with Crippen molar-refractivity contribution in [2.24, 2.45) is 11.8 Å². The van der Waals surface area contributed by atoms with E-state index in [-0.39, 0.29) is 59.0 Å². The number of rotatable bonds is 21. The fourth-order valence-electron chi connectivity index (χ4n) is 9.45. The average Bonchev–Trinajstić information content (AvgIpc) is 3.36. The minimum Gasteiger partial charge on any atom is -0.491 e. The number of carbonyl (C=O) groups is 2. The predicted molar refractivity (Wildman–Crippen MR) is 283 cm³/mol. The molecular weight excluding hydrogens is 969 g/mol. The lowest BCUT2D eigenvalue weighted by molar-refractivity contribution is -0.131. The Labute approximate surface area is 428 Å². The van der Waals surface area contributed by atoms with Gasteiger partial charge in [0.05, 0.1) is 50.8 Å². The minimum atomic E-state index is -2.04. The first-order valence-electron chi connectivity index (χ1n) is 24.9. The van der Waals surface area contributed by atoms with E-state index < -0.39 is 28.6 Å². The van der Waals surface area contributed by atoms with Crippen LogP contribution in [0, 0.1) is 35.1 Å². The zero-order valence-electron chi connectivity index (χ0n) is 42.1. The second-order valence-electron chi connectivity index (χ2n) is 20.6. The van der Waals surface area contributed by atoms with E-state index in [9.17, 15) is 42.2 Å². The quantitative estimate of drug-likeness (QED) is 0.0284. The zero-order valence-corrected chi connectivity index (χ0v) is 44.1. The van der Waals surface area contributed by atoms with Crippen LogP contribution in [0.15, 0.2) is 146 Å². The molecule has 0 aliphatic carbocycles. The lowest BCUT2D eigenvalue weighted by Gasteiger charge is -2.48. The summed E-state index contributed by atoms with van der Waals surface area (Å²) in [6, 6.07) is 39.7. The summed E-state index contributed by atoms with van der Waals surface area (Å²) >= 11 is 0. The second kappa shape index (κ2) is 24.4. The Kier molecular flexibility index (Phi) is 18.3. The number of aliphatic hydroxyl groups excluding tert-OH is 2. The van der Waals surface area contributed by atoms with Crippen molar-refractivity contribution >= 4 is 44.8 Å². The van der Waals surface area contributed by atoms with E-state index in [4.69, 9.17) is 9.47 Å². The van der Waals surface area contributed by atoms with Crippen LogP contribution < -0.4 is 19.7 Å². The van der Waals surface area contributed by atoms with Gasteiger partial charge in [0.2, 0.25) is 11.8 Å². The highest BCUT2D eigenvalue weighted by atomic mass is 28.4. The molecule has 2 aliphatic rings. The first kappa shape index (κ1) is 54.8. The van der Waals surface area contributed by atoms with Crippen molar-refractivity contribution in [2.45, 2.75) is 95.2 Å². The molecule has 2 heterocycles. The molecule has 8 rings (SSSR count). The first-order valence-corrected chi connectivity index (χ1v) is 31.6. The number of carbonyl (C=O) groups excluding carboxylic acids is 2. The SMILES string of the molecule is C[Si](C)(C)c1ccc([C@@H]2[C@@H](CC[C@H](O)c3ccc(F)cc3)C(=O)N2c2ccc(F)cc2)cc1.C[Si](C)(O)CCCOCCOc1ccc([C@@H]2[C@@H](CC[C@H](O)c3ccc(F)cc3)C(=O)N2c2ccc(F)cc2)cc1. The van der Waals surface area contributed by atoms with Gasteiger partial charge in [-0.3, -0.25) is 9.59 Å². The molecule has 3 N–H and O–H groups in total. The standard InChI is InChI=1S/C31H37F2NO5Si.C27H29F2NO2Si/c1-40(2,37)21-3-18-38-19-20-39-27-14-6-23(7-15-27)30-28(16-17-29(35)22-4-8-24(32)9-5-22)31(36)34(30)26-12-10-25(33)11-13-26;1-33(2,3)23-14-6-19(7-15-23)26-24(16-17-25(31)18-4-8-20(28)9-5-18)27(32)30(26)22-12-10-21(29)11-13-22/h4-15,28-30,35,37H,3,16-21H2,1-2H3;4-15,24-26,31H,16-17H2,1-3H3/t28-,29+,30-;24-,25+,26-/m11/s1. The first-order chi connectivity index (χ1) is 34.8. The van der Waals surface area contributed by atoms with Gasteiger partial charge >= 0.3 is 0 Å². The monoisotopic (exact) mass is 1030 g/mol. The third kappa shape index (κ3) is 14.4. The highest BCUT2D eigenvalue weighted by Crippen LogP contribution is 2.48. The Balaban J connectivity index is 0.000000218. The maximum atomic E-state index is 13.6. The molecule has 0 bridgehead atoms. The van der Waals surface area contributed by atoms with Crippen LogP contribution in [-0.4, -0.2) is 63.0 Å². The molecule has 73 heavy (non-hydrogen) atoms. The smallest absolute Gasteiger partial charge is 0.233 e. The number of amides is 2. The van der Waals surface area contributed by atoms with E-state index in [1.54, 1.807) is 58.3 Å². The van der Waals surface area contributed by atoms with Gasteiger partial charge in [0, 0.05) is 18.0 Å². The van der Waals surface area contributed by atoms with Gasteiger partial charge in [0.15, 0.2) is 8.32 Å². The predicted octanol–water partition coefficient (Wildman–Crippen LogP) is 11.9. The van der Waals surface area contributed by atoms with Gasteiger partial charge in [0.25, 0.3) is 0 Å². The van der Waals surface area contributed by atoms with Gasteiger partial charge < -0.3 is 34.3 Å². The van der Waals surface area contributed by atoms with Crippen molar-refractivity contribution < 1.29 is 51.6 Å². The summed E-state index contributed by atoms with van der Waals surface area (Å²) in [5.74, 6) is -1.55. The summed E-state index contributed by atoms with van der Waals surface area (Å²) in [7, 11) is -3.49. The Morgan fingerprint density at radius 2 is 0.904 bits per heavy atom. The normalized spacial score (nSPS) is 18.6. The summed E-state index contributed by atoms with van der Waals surface area (Å²) in [4.78, 5) is 39.7. The average molecular weight is 1040 g/mol. The summed E-state index contributed by atoms with van der Waals surface area (Å²) < 4.78 is 64.9. The number of hydrogen-bond acceptors (Lipinski definition) is 7. The maximum absolute atomic E-state index is 13.6. The third-order valence-corrected chi connectivity index (χ3v) is 17.2. The third-order valence-electron chi connectivity index (χ3n) is 13.6. The van der Waals surface area contributed by atoms with Crippen LogP contribution in [-0.2, 0) is 14.3 Å². The van der Waals surface area contributed by atoms with E-state index in [1.807, 2.05) is 37.4 Å². The molecule has 9 nitrogen and oxygen atoms in total. The van der Waals surface area contributed by atoms with Crippen LogP contribution in [0.5, 0.6) is 5.75 Å². The molecule has 0 spiro atoms. The number of hydrogen-bond donors (Lipinski definition) is 3. The number of anilines is 2. The number of ether oxygens (including phenoxy) is 2. The van der Waals surface area contributed by atoms with Crippen molar-refractivity contribution in [3.63, 3.8) is 0 Å². The molecule has 6 aromatic rings. The van der Waals surface area contributed by atoms with Crippen molar-refractivity contribution in [3.05, 3.63) is 191 Å². The Hall–Kier alpha value is -5.95. The highest BCUT2D eigenvalue weighted by Gasteiger charge is 2.49. The number of halogens is 4. The largest absolute Gasteiger partial charge is 0.491 e. The summed E-state index contributed by atoms with van der Waals surface area (Å²) in [6.07, 6.45) is 0.910. The lowest BCUT2D eigenvalue weighted by atomic mass is 9.78. The molecule has 6 aromatic carbocycles. The van der Waals surface area contributed by atoms with E-state index >= 15 is 0 Å². The Morgan fingerprint density at radius 1 is 0.521 bits per heavy atom. The summed E-state index contributed by atoms with van der Waals surface area (Å²) in [6.45, 7) is 12.1. The molecule has 0 unspecified atom stereocenters. The second-order valence-corrected chi connectivity index (χ2v) is 29.8. The number of β-lactam (4-membered cyclic amide) rings is 2. The van der Waals surface area contributed by atoms with E-state index in [0.717, 1.165) is 23.6 Å². The van der Waals surface area contributed by atoms with Crippen LogP contribution in [0.1, 0.15) is 78.6 Å². The van der Waals surface area contributed by atoms with Gasteiger partial charge in [-0.2, -0.15) is 0 Å². The van der Waals surface area contributed by atoms with E-state index in [0.29, 0.717) is 73.8 Å². The van der Waals surface area contributed by atoms with Gasteiger partial charge in [-0.15, -0.1) is 0 Å². The van der Waals surface area contributed by atoms with Crippen molar-refractivity contribution in [1.29, 1.82) is 0 Å². The van der Waals surface area contributed by atoms with Crippen molar-refractivity contribution in [1.82, 2.24) is 0 Å². The van der Waals surface area contributed by atoms with Crippen LogP contribution >= 0.6 is 0 Å². The van der Waals surface area contributed by atoms with E-state index in [2.05, 4.69) is 43.9 Å². The fraction of sp³-hybridized carbons (Fsp3) is 0.345. The molecule has 15 heteroatoms. The molecule has 386 valence electrons. The summed E-state index contributed by atoms with van der Waals surface area (Å²) in [5.41, 5.74) is 4.44. The molecular formula is C58H66F4N2O7Si2. The van der Waals surface area contributed by atoms with E-state index in [1.165, 1.54) is 53.7 Å². The molecule has 6 atom stereocenters.